The van der Waals surface area contributed by atoms with Gasteiger partial charge in [0.05, 0.1) is 5.69 Å². The third-order valence-electron chi connectivity index (χ3n) is 1.60. The highest BCUT2D eigenvalue weighted by molar-refractivity contribution is 5.51. The molecule has 0 fully saturated rings. The zero-order valence-electron chi connectivity index (χ0n) is 6.26. The third-order valence-corrected chi connectivity index (χ3v) is 1.60. The zero-order chi connectivity index (χ0) is 7.56. The van der Waals surface area contributed by atoms with Gasteiger partial charge in [-0.1, -0.05) is 0 Å². The second kappa shape index (κ2) is 2.60. The molecule has 0 N–H and O–H groups in total. The lowest BCUT2D eigenvalue weighted by Gasteiger charge is -2.00. The van der Waals surface area contributed by atoms with Gasteiger partial charge in [0.2, 0.25) is 0 Å². The molecule has 0 spiro atoms. The van der Waals surface area contributed by atoms with Crippen molar-refractivity contribution in [3.8, 4) is 0 Å². The van der Waals surface area contributed by atoms with Crippen LogP contribution in [0.2, 0.25) is 0 Å². The van der Waals surface area contributed by atoms with Gasteiger partial charge >= 0.3 is 0 Å². The van der Waals surface area contributed by atoms with Crippen LogP contribution in [0.5, 0.6) is 0 Å². The van der Waals surface area contributed by atoms with E-state index >= 15 is 0 Å². The molecule has 0 amide bonds. The first-order valence-electron chi connectivity index (χ1n) is 3.14. The molecule has 0 aliphatic rings. The molecule has 10 heavy (non-hydrogen) atoms. The van der Waals surface area contributed by atoms with Gasteiger partial charge in [0.1, 0.15) is 0 Å². The van der Waals surface area contributed by atoms with E-state index in [4.69, 9.17) is 0 Å². The van der Waals surface area contributed by atoms with Gasteiger partial charge in [-0.25, -0.2) is 0 Å². The largest absolute Gasteiger partial charge is 0.264 e. The third kappa shape index (κ3) is 1.05. The molecule has 1 heterocycles. The van der Waals surface area contributed by atoms with Crippen molar-refractivity contribution in [2.24, 2.45) is 4.99 Å². The second-order valence-corrected chi connectivity index (χ2v) is 2.20. The van der Waals surface area contributed by atoms with Crippen molar-refractivity contribution >= 4 is 12.4 Å². The van der Waals surface area contributed by atoms with E-state index < -0.39 is 0 Å². The van der Waals surface area contributed by atoms with E-state index in [1.165, 1.54) is 0 Å². The van der Waals surface area contributed by atoms with Crippen molar-refractivity contribution < 1.29 is 0 Å². The van der Waals surface area contributed by atoms with Crippen LogP contribution in [-0.4, -0.2) is 11.7 Å². The van der Waals surface area contributed by atoms with Crippen LogP contribution in [0.1, 0.15) is 11.3 Å². The van der Waals surface area contributed by atoms with Crippen LogP contribution in [0.4, 0.5) is 5.69 Å². The minimum Gasteiger partial charge on any atom is -0.264 e. The Morgan fingerprint density at radius 1 is 1.50 bits per heavy atom. The fourth-order valence-corrected chi connectivity index (χ4v) is 0.798. The van der Waals surface area contributed by atoms with Crippen molar-refractivity contribution in [1.29, 1.82) is 0 Å². The lowest BCUT2D eigenvalue weighted by Crippen LogP contribution is -1.84. The molecular formula is C8H10N2. The molecule has 0 atom stereocenters. The molecule has 2 nitrogen and oxygen atoms in total. The highest BCUT2D eigenvalue weighted by Gasteiger charge is 1.96. The molecule has 2 heteroatoms. The molecular weight excluding hydrogens is 124 g/mol. The van der Waals surface area contributed by atoms with Crippen molar-refractivity contribution in [1.82, 2.24) is 4.98 Å². The average molecular weight is 134 g/mol. The molecule has 1 rings (SSSR count). The van der Waals surface area contributed by atoms with E-state index in [9.17, 15) is 0 Å². The summed E-state index contributed by atoms with van der Waals surface area (Å²) in [4.78, 5) is 7.94. The summed E-state index contributed by atoms with van der Waals surface area (Å²) in [6.07, 6.45) is 1.74. The Labute approximate surface area is 60.6 Å². The number of aryl methyl sites for hydroxylation is 1. The van der Waals surface area contributed by atoms with Crippen LogP contribution in [0.25, 0.3) is 0 Å². The first kappa shape index (κ1) is 6.93. The van der Waals surface area contributed by atoms with E-state index in [0.29, 0.717) is 0 Å². The van der Waals surface area contributed by atoms with Gasteiger partial charge < -0.3 is 0 Å². The van der Waals surface area contributed by atoms with Gasteiger partial charge in [0.25, 0.3) is 0 Å². The molecule has 0 saturated heterocycles. The predicted molar refractivity (Wildman–Crippen MR) is 42.9 cm³/mol. The van der Waals surface area contributed by atoms with Gasteiger partial charge in [-0.2, -0.15) is 0 Å². The number of rotatable bonds is 1. The summed E-state index contributed by atoms with van der Waals surface area (Å²) in [6.45, 7) is 7.41. The number of aromatic nitrogens is 1. The second-order valence-electron chi connectivity index (χ2n) is 2.20. The number of nitrogens with zero attached hydrogens (tertiary/aromatic N) is 2. The SMILES string of the molecule is C=Nc1ccnc(C)c1C. The van der Waals surface area contributed by atoms with E-state index in [1.54, 1.807) is 6.20 Å². The van der Waals surface area contributed by atoms with Crippen LogP contribution in [-0.2, 0) is 0 Å². The summed E-state index contributed by atoms with van der Waals surface area (Å²) in [7, 11) is 0. The van der Waals surface area contributed by atoms with E-state index in [-0.39, 0.29) is 0 Å². The van der Waals surface area contributed by atoms with Gasteiger partial charge in [-0.05, 0) is 32.2 Å². The molecule has 52 valence electrons. The normalized spacial score (nSPS) is 9.40. The number of aliphatic imine (C=N–C) groups is 1. The standard InChI is InChI=1S/C8H10N2/c1-6-7(2)10-5-4-8(6)9-3/h4-5H,3H2,1-2H3. The van der Waals surface area contributed by atoms with Crippen molar-refractivity contribution in [3.05, 3.63) is 23.5 Å². The maximum atomic E-state index is 4.10. The van der Waals surface area contributed by atoms with E-state index in [1.807, 2.05) is 19.9 Å². The zero-order valence-corrected chi connectivity index (χ0v) is 6.26. The Kier molecular flexibility index (Phi) is 1.81. The summed E-state index contributed by atoms with van der Waals surface area (Å²) in [5.41, 5.74) is 3.05. The van der Waals surface area contributed by atoms with E-state index in [0.717, 1.165) is 16.9 Å². The quantitative estimate of drug-likeness (QED) is 0.539. The molecule has 0 radical (unpaired) electrons. The Balaban J connectivity index is 3.27. The van der Waals surface area contributed by atoms with Crippen LogP contribution in [0.15, 0.2) is 17.3 Å². The summed E-state index contributed by atoms with van der Waals surface area (Å²) in [5, 5.41) is 0. The highest BCUT2D eigenvalue weighted by atomic mass is 14.7. The Morgan fingerprint density at radius 3 is 2.70 bits per heavy atom. The van der Waals surface area contributed by atoms with Crippen molar-refractivity contribution in [3.63, 3.8) is 0 Å². The maximum Gasteiger partial charge on any atom is 0.0684 e. The van der Waals surface area contributed by atoms with Gasteiger partial charge in [-0.15, -0.1) is 0 Å². The Hall–Kier alpha value is -1.18. The fourth-order valence-electron chi connectivity index (χ4n) is 0.798. The minimum atomic E-state index is 0.924. The number of hydrogen-bond donors (Lipinski definition) is 0. The van der Waals surface area contributed by atoms with Crippen LogP contribution in [0, 0.1) is 13.8 Å². The summed E-state index contributed by atoms with van der Waals surface area (Å²) in [5.74, 6) is 0. The summed E-state index contributed by atoms with van der Waals surface area (Å²) >= 11 is 0. The predicted octanol–water partition coefficient (Wildman–Crippen LogP) is 2.03. The average Bonchev–Trinajstić information content (AvgIpc) is 1.95. The molecule has 0 aliphatic heterocycles. The fraction of sp³-hybridized carbons (Fsp3) is 0.250. The molecule has 0 saturated carbocycles. The molecule has 1 aromatic rings. The van der Waals surface area contributed by atoms with Crippen LogP contribution in [0.3, 0.4) is 0 Å². The molecule has 0 aliphatic carbocycles. The molecule has 0 bridgehead atoms. The van der Waals surface area contributed by atoms with Crippen molar-refractivity contribution in [2.75, 3.05) is 0 Å². The lowest BCUT2D eigenvalue weighted by molar-refractivity contribution is 1.15. The van der Waals surface area contributed by atoms with Crippen molar-refractivity contribution in [2.45, 2.75) is 13.8 Å². The van der Waals surface area contributed by atoms with Crippen LogP contribution >= 0.6 is 0 Å². The lowest BCUT2D eigenvalue weighted by atomic mass is 10.2. The first-order valence-corrected chi connectivity index (χ1v) is 3.14. The smallest absolute Gasteiger partial charge is 0.0684 e. The first-order chi connectivity index (χ1) is 4.75. The Morgan fingerprint density at radius 2 is 2.20 bits per heavy atom. The molecule has 1 aromatic heterocycles. The number of hydrogen-bond acceptors (Lipinski definition) is 2. The molecule has 0 unspecified atom stereocenters. The topological polar surface area (TPSA) is 25.2 Å². The summed E-state index contributed by atoms with van der Waals surface area (Å²) < 4.78 is 0. The minimum absolute atomic E-state index is 0.924. The number of pyridine rings is 1. The van der Waals surface area contributed by atoms with Gasteiger partial charge in [0, 0.05) is 11.9 Å². The monoisotopic (exact) mass is 134 g/mol. The van der Waals surface area contributed by atoms with E-state index in [2.05, 4.69) is 16.7 Å². The maximum absolute atomic E-state index is 4.10. The highest BCUT2D eigenvalue weighted by Crippen LogP contribution is 2.17. The van der Waals surface area contributed by atoms with Crippen LogP contribution < -0.4 is 0 Å². The Bertz CT molecular complexity index is 253. The molecule has 0 aromatic carbocycles. The van der Waals surface area contributed by atoms with Gasteiger partial charge in [0.15, 0.2) is 0 Å². The summed E-state index contributed by atoms with van der Waals surface area (Å²) in [6, 6.07) is 1.86. The van der Waals surface area contributed by atoms with Gasteiger partial charge in [-0.3, -0.25) is 9.98 Å².